The molecule has 1 aliphatic heterocycles. The summed E-state index contributed by atoms with van der Waals surface area (Å²) in [6, 6.07) is 1.78. The Morgan fingerprint density at radius 2 is 2.10 bits per heavy atom. The molecule has 1 aliphatic rings. The number of anilines is 2. The minimum atomic E-state index is -2.90. The summed E-state index contributed by atoms with van der Waals surface area (Å²) in [5.41, 5.74) is -0.0824. The van der Waals surface area contributed by atoms with Gasteiger partial charge in [0, 0.05) is 24.8 Å². The fraction of sp³-hybridized carbons (Fsp3) is 0.692. The molecule has 1 aromatic rings. The first kappa shape index (κ1) is 15.0. The summed E-state index contributed by atoms with van der Waals surface area (Å²) in [5.74, 6) is 1.74. The van der Waals surface area contributed by atoms with Gasteiger partial charge in [0.05, 0.1) is 11.5 Å². The van der Waals surface area contributed by atoms with Crippen molar-refractivity contribution < 1.29 is 8.42 Å². The summed E-state index contributed by atoms with van der Waals surface area (Å²) >= 11 is 0. The SMILES string of the molecule is CN(c1nccc(NC(C)(C)C)n1)C1CCS(=O)(=O)C1. The van der Waals surface area contributed by atoms with Gasteiger partial charge in [-0.3, -0.25) is 0 Å². The first-order valence-electron chi connectivity index (χ1n) is 6.71. The Morgan fingerprint density at radius 1 is 1.40 bits per heavy atom. The fourth-order valence-corrected chi connectivity index (χ4v) is 3.99. The quantitative estimate of drug-likeness (QED) is 0.907. The van der Waals surface area contributed by atoms with Crippen molar-refractivity contribution in [2.75, 3.05) is 28.8 Å². The third kappa shape index (κ3) is 3.82. The van der Waals surface area contributed by atoms with Crippen molar-refractivity contribution in [1.29, 1.82) is 0 Å². The standard InChI is InChI=1S/C13H22N4O2S/c1-13(2,3)16-11-5-7-14-12(15-11)17(4)10-6-8-20(18,19)9-10/h5,7,10H,6,8-9H2,1-4H3,(H,14,15,16). The minimum Gasteiger partial charge on any atom is -0.365 e. The van der Waals surface area contributed by atoms with E-state index in [0.29, 0.717) is 12.4 Å². The van der Waals surface area contributed by atoms with Crippen LogP contribution in [-0.2, 0) is 9.84 Å². The lowest BCUT2D eigenvalue weighted by Crippen LogP contribution is -2.34. The van der Waals surface area contributed by atoms with Gasteiger partial charge in [-0.25, -0.2) is 13.4 Å². The molecule has 0 spiro atoms. The largest absolute Gasteiger partial charge is 0.365 e. The van der Waals surface area contributed by atoms with Gasteiger partial charge in [-0.1, -0.05) is 0 Å². The van der Waals surface area contributed by atoms with E-state index in [1.165, 1.54) is 0 Å². The smallest absolute Gasteiger partial charge is 0.227 e. The molecule has 0 aromatic carbocycles. The van der Waals surface area contributed by atoms with Gasteiger partial charge < -0.3 is 10.2 Å². The van der Waals surface area contributed by atoms with Crippen molar-refractivity contribution >= 4 is 21.6 Å². The van der Waals surface area contributed by atoms with Crippen molar-refractivity contribution in [3.05, 3.63) is 12.3 Å². The highest BCUT2D eigenvalue weighted by Crippen LogP contribution is 2.21. The molecular formula is C13H22N4O2S. The Kier molecular flexibility index (Phi) is 3.90. The number of rotatable bonds is 3. The fourth-order valence-electron chi connectivity index (χ4n) is 2.22. The highest BCUT2D eigenvalue weighted by molar-refractivity contribution is 7.91. The monoisotopic (exact) mass is 298 g/mol. The molecule has 7 heteroatoms. The van der Waals surface area contributed by atoms with E-state index in [0.717, 1.165) is 5.82 Å². The topological polar surface area (TPSA) is 75.2 Å². The molecule has 0 saturated carbocycles. The molecule has 1 aromatic heterocycles. The maximum Gasteiger partial charge on any atom is 0.227 e. The summed E-state index contributed by atoms with van der Waals surface area (Å²) in [5, 5.41) is 3.29. The van der Waals surface area contributed by atoms with E-state index >= 15 is 0 Å². The molecule has 1 atom stereocenters. The second kappa shape index (κ2) is 5.20. The minimum absolute atomic E-state index is 0.0371. The molecule has 1 fully saturated rings. The molecule has 0 bridgehead atoms. The number of nitrogens with one attached hydrogen (secondary N) is 1. The highest BCUT2D eigenvalue weighted by atomic mass is 32.2. The molecule has 1 unspecified atom stereocenters. The predicted octanol–water partition coefficient (Wildman–Crippen LogP) is 1.31. The van der Waals surface area contributed by atoms with E-state index in [2.05, 4.69) is 36.1 Å². The van der Waals surface area contributed by atoms with Crippen LogP contribution in [-0.4, -0.2) is 48.5 Å². The zero-order valence-electron chi connectivity index (χ0n) is 12.4. The van der Waals surface area contributed by atoms with Crippen LogP contribution in [0.3, 0.4) is 0 Å². The molecule has 112 valence electrons. The Balaban J connectivity index is 2.15. The lowest BCUT2D eigenvalue weighted by molar-refractivity contribution is 0.600. The van der Waals surface area contributed by atoms with Crippen LogP contribution >= 0.6 is 0 Å². The normalized spacial score (nSPS) is 21.7. The van der Waals surface area contributed by atoms with Gasteiger partial charge in [0.2, 0.25) is 5.95 Å². The zero-order valence-corrected chi connectivity index (χ0v) is 13.2. The summed E-state index contributed by atoms with van der Waals surface area (Å²) in [7, 11) is -1.05. The van der Waals surface area contributed by atoms with Gasteiger partial charge in [0.1, 0.15) is 5.82 Å². The number of sulfone groups is 1. The van der Waals surface area contributed by atoms with Gasteiger partial charge in [-0.05, 0) is 33.3 Å². The number of hydrogen-bond donors (Lipinski definition) is 1. The third-order valence-corrected chi connectivity index (χ3v) is 4.97. The Hall–Kier alpha value is -1.37. The van der Waals surface area contributed by atoms with Crippen molar-refractivity contribution in [2.45, 2.75) is 38.8 Å². The lowest BCUT2D eigenvalue weighted by atomic mass is 10.1. The molecule has 0 aliphatic carbocycles. The zero-order chi connectivity index (χ0) is 15.0. The molecule has 1 N–H and O–H groups in total. The van der Waals surface area contributed by atoms with Gasteiger partial charge in [-0.15, -0.1) is 0 Å². The van der Waals surface area contributed by atoms with Crippen molar-refractivity contribution in [1.82, 2.24) is 9.97 Å². The maximum atomic E-state index is 11.6. The molecule has 0 radical (unpaired) electrons. The summed E-state index contributed by atoms with van der Waals surface area (Å²) in [6.45, 7) is 6.17. The Bertz CT molecular complexity index is 580. The summed E-state index contributed by atoms with van der Waals surface area (Å²) in [6.07, 6.45) is 2.33. The van der Waals surface area contributed by atoms with Crippen molar-refractivity contribution in [2.24, 2.45) is 0 Å². The molecule has 6 nitrogen and oxygen atoms in total. The van der Waals surface area contributed by atoms with Crippen LogP contribution in [0.1, 0.15) is 27.2 Å². The predicted molar refractivity (Wildman–Crippen MR) is 80.9 cm³/mol. The van der Waals surface area contributed by atoms with E-state index in [9.17, 15) is 8.42 Å². The summed E-state index contributed by atoms with van der Waals surface area (Å²) < 4.78 is 23.1. The van der Waals surface area contributed by atoms with Gasteiger partial charge in [0.25, 0.3) is 0 Å². The maximum absolute atomic E-state index is 11.6. The molecular weight excluding hydrogens is 276 g/mol. The van der Waals surface area contributed by atoms with Crippen LogP contribution in [0.2, 0.25) is 0 Å². The molecule has 1 saturated heterocycles. The molecule has 2 heterocycles. The average molecular weight is 298 g/mol. The van der Waals surface area contributed by atoms with Crippen LogP contribution in [0.15, 0.2) is 12.3 Å². The lowest BCUT2D eigenvalue weighted by Gasteiger charge is -2.25. The summed E-state index contributed by atoms with van der Waals surface area (Å²) in [4.78, 5) is 10.6. The van der Waals surface area contributed by atoms with Gasteiger partial charge in [0.15, 0.2) is 9.84 Å². The highest BCUT2D eigenvalue weighted by Gasteiger charge is 2.31. The molecule has 0 amide bonds. The van der Waals surface area contributed by atoms with E-state index in [-0.39, 0.29) is 23.1 Å². The van der Waals surface area contributed by atoms with Crippen molar-refractivity contribution in [3.63, 3.8) is 0 Å². The van der Waals surface area contributed by atoms with E-state index < -0.39 is 9.84 Å². The van der Waals surface area contributed by atoms with Crippen molar-refractivity contribution in [3.8, 4) is 0 Å². The van der Waals surface area contributed by atoms with Crippen LogP contribution < -0.4 is 10.2 Å². The van der Waals surface area contributed by atoms with Crippen LogP contribution in [0.25, 0.3) is 0 Å². The number of nitrogens with zero attached hydrogens (tertiary/aromatic N) is 3. The van der Waals surface area contributed by atoms with E-state index in [1.807, 2.05) is 18.0 Å². The Morgan fingerprint density at radius 3 is 2.65 bits per heavy atom. The van der Waals surface area contributed by atoms with E-state index in [1.54, 1.807) is 6.20 Å². The third-order valence-electron chi connectivity index (χ3n) is 3.22. The van der Waals surface area contributed by atoms with E-state index in [4.69, 9.17) is 0 Å². The molecule has 20 heavy (non-hydrogen) atoms. The van der Waals surface area contributed by atoms with Crippen LogP contribution in [0.4, 0.5) is 11.8 Å². The Labute approximate surface area is 120 Å². The van der Waals surface area contributed by atoms with Crippen LogP contribution in [0.5, 0.6) is 0 Å². The second-order valence-corrected chi connectivity index (χ2v) is 8.51. The number of hydrogen-bond acceptors (Lipinski definition) is 6. The second-order valence-electron chi connectivity index (χ2n) is 6.28. The van der Waals surface area contributed by atoms with Gasteiger partial charge in [-0.2, -0.15) is 4.98 Å². The first-order chi connectivity index (χ1) is 9.16. The first-order valence-corrected chi connectivity index (χ1v) is 8.53. The van der Waals surface area contributed by atoms with Gasteiger partial charge >= 0.3 is 0 Å². The molecule has 2 rings (SSSR count). The van der Waals surface area contributed by atoms with Crippen LogP contribution in [0, 0.1) is 0 Å². The number of aromatic nitrogens is 2. The average Bonchev–Trinajstić information content (AvgIpc) is 2.67.